The predicted octanol–water partition coefficient (Wildman–Crippen LogP) is 4.47. The number of carbonyl (C=O) groups is 1. The second kappa shape index (κ2) is 11.4. The molecule has 0 aliphatic carbocycles. The van der Waals surface area contributed by atoms with Crippen molar-refractivity contribution in [2.75, 3.05) is 31.1 Å². The Bertz CT molecular complexity index is 1250. The number of sulfonamides is 1. The van der Waals surface area contributed by atoms with Gasteiger partial charge in [0.2, 0.25) is 5.91 Å². The van der Waals surface area contributed by atoms with Crippen LogP contribution in [0.2, 0.25) is 0 Å². The van der Waals surface area contributed by atoms with Crippen LogP contribution in [0.3, 0.4) is 0 Å². The molecule has 3 aromatic rings. The fourth-order valence-corrected chi connectivity index (χ4v) is 5.36. The molecule has 180 valence electrons. The number of aryl methyl sites for hydroxylation is 2. The van der Waals surface area contributed by atoms with Crippen molar-refractivity contribution in [2.45, 2.75) is 18.7 Å². The number of hydrogen-bond donors (Lipinski definition) is 1. The van der Waals surface area contributed by atoms with E-state index in [0.29, 0.717) is 15.9 Å². The lowest BCUT2D eigenvalue weighted by molar-refractivity contribution is -0.119. The van der Waals surface area contributed by atoms with Crippen LogP contribution in [-0.2, 0) is 14.8 Å². The minimum absolute atomic E-state index is 0.0384. The van der Waals surface area contributed by atoms with Gasteiger partial charge in [0.05, 0.1) is 28.7 Å². The largest absolute Gasteiger partial charge is 0.496 e. The first-order valence-corrected chi connectivity index (χ1v) is 12.8. The number of halogens is 1. The zero-order valence-electron chi connectivity index (χ0n) is 19.2. The Hall–Kier alpha value is -3.04. The van der Waals surface area contributed by atoms with Crippen LogP contribution in [0.15, 0.2) is 76.1 Å². The maximum absolute atomic E-state index is 13.5. The van der Waals surface area contributed by atoms with Crippen LogP contribution in [0.25, 0.3) is 0 Å². The van der Waals surface area contributed by atoms with E-state index in [9.17, 15) is 13.2 Å². The molecular formula is C25H27BrN2O5S. The zero-order chi connectivity index (χ0) is 24.7. The van der Waals surface area contributed by atoms with Crippen molar-refractivity contribution in [3.05, 3.63) is 82.3 Å². The number of amides is 1. The van der Waals surface area contributed by atoms with Gasteiger partial charge >= 0.3 is 0 Å². The molecule has 34 heavy (non-hydrogen) atoms. The van der Waals surface area contributed by atoms with Gasteiger partial charge in [-0.15, -0.1) is 0 Å². The molecule has 0 unspecified atom stereocenters. The van der Waals surface area contributed by atoms with Crippen LogP contribution in [0.4, 0.5) is 5.69 Å². The highest BCUT2D eigenvalue weighted by molar-refractivity contribution is 9.10. The van der Waals surface area contributed by atoms with Gasteiger partial charge < -0.3 is 14.8 Å². The lowest BCUT2D eigenvalue weighted by Crippen LogP contribution is -2.42. The van der Waals surface area contributed by atoms with Crippen molar-refractivity contribution < 1.29 is 22.7 Å². The molecule has 7 nitrogen and oxygen atoms in total. The summed E-state index contributed by atoms with van der Waals surface area (Å²) in [5, 5.41) is 2.74. The van der Waals surface area contributed by atoms with Crippen molar-refractivity contribution in [1.29, 1.82) is 0 Å². The molecule has 0 aromatic heterocycles. The summed E-state index contributed by atoms with van der Waals surface area (Å²) in [6, 6.07) is 19.0. The Morgan fingerprint density at radius 3 is 2.35 bits per heavy atom. The van der Waals surface area contributed by atoms with E-state index < -0.39 is 15.9 Å². The normalized spacial score (nSPS) is 11.1. The maximum Gasteiger partial charge on any atom is 0.264 e. The number of rotatable bonds is 10. The Kier molecular flexibility index (Phi) is 8.57. The SMILES string of the molecule is COc1ccc(S(=O)(=O)N(CC(=O)NCCOc2ccccc2C)c2ccc(C)cc2)cc1Br. The van der Waals surface area contributed by atoms with E-state index in [1.54, 1.807) is 30.3 Å². The van der Waals surface area contributed by atoms with Crippen molar-refractivity contribution in [2.24, 2.45) is 0 Å². The number of benzene rings is 3. The molecule has 0 aliphatic heterocycles. The van der Waals surface area contributed by atoms with Gasteiger partial charge in [0.1, 0.15) is 24.7 Å². The van der Waals surface area contributed by atoms with E-state index in [1.165, 1.54) is 19.2 Å². The second-order valence-corrected chi connectivity index (χ2v) is 10.3. The van der Waals surface area contributed by atoms with Crippen molar-refractivity contribution in [3.63, 3.8) is 0 Å². The van der Waals surface area contributed by atoms with Gasteiger partial charge in [0.25, 0.3) is 10.0 Å². The fourth-order valence-electron chi connectivity index (χ4n) is 3.22. The summed E-state index contributed by atoms with van der Waals surface area (Å²) in [7, 11) is -2.53. The summed E-state index contributed by atoms with van der Waals surface area (Å²) in [6.45, 7) is 3.97. The van der Waals surface area contributed by atoms with Crippen molar-refractivity contribution in [1.82, 2.24) is 5.32 Å². The molecular weight excluding hydrogens is 520 g/mol. The number of nitrogens with zero attached hydrogens (tertiary/aromatic N) is 1. The zero-order valence-corrected chi connectivity index (χ0v) is 21.6. The molecule has 0 saturated carbocycles. The highest BCUT2D eigenvalue weighted by atomic mass is 79.9. The number of carbonyl (C=O) groups excluding carboxylic acids is 1. The summed E-state index contributed by atoms with van der Waals surface area (Å²) >= 11 is 3.33. The second-order valence-electron chi connectivity index (χ2n) is 7.61. The van der Waals surface area contributed by atoms with E-state index in [4.69, 9.17) is 9.47 Å². The highest BCUT2D eigenvalue weighted by Crippen LogP contribution is 2.30. The van der Waals surface area contributed by atoms with Gasteiger partial charge in [-0.2, -0.15) is 0 Å². The number of ether oxygens (including phenoxy) is 2. The van der Waals surface area contributed by atoms with Gasteiger partial charge in [-0.05, 0) is 71.7 Å². The molecule has 0 spiro atoms. The summed E-state index contributed by atoms with van der Waals surface area (Å²) in [6.07, 6.45) is 0. The van der Waals surface area contributed by atoms with E-state index in [2.05, 4.69) is 21.2 Å². The standard InChI is InChI=1S/C25H27BrN2O5S/c1-18-8-10-20(11-9-18)28(34(30,31)21-12-13-24(32-3)22(26)16-21)17-25(29)27-14-15-33-23-7-5-4-6-19(23)2/h4-13,16H,14-15,17H2,1-3H3,(H,27,29). The molecule has 0 bridgehead atoms. The summed E-state index contributed by atoms with van der Waals surface area (Å²) < 4.78 is 39.5. The van der Waals surface area contributed by atoms with Gasteiger partial charge in [0, 0.05) is 0 Å². The molecule has 0 aliphatic rings. The average molecular weight is 547 g/mol. The quantitative estimate of drug-likeness (QED) is 0.379. The molecule has 0 heterocycles. The van der Waals surface area contributed by atoms with Crippen LogP contribution < -0.4 is 19.1 Å². The smallest absolute Gasteiger partial charge is 0.264 e. The maximum atomic E-state index is 13.5. The van der Waals surface area contributed by atoms with E-state index in [-0.39, 0.29) is 24.6 Å². The first-order chi connectivity index (χ1) is 16.2. The number of methoxy groups -OCH3 is 1. The topological polar surface area (TPSA) is 84.9 Å². The average Bonchev–Trinajstić information content (AvgIpc) is 2.82. The highest BCUT2D eigenvalue weighted by Gasteiger charge is 2.28. The number of para-hydroxylation sites is 1. The Labute approximate surface area is 208 Å². The van der Waals surface area contributed by atoms with E-state index in [1.807, 2.05) is 38.1 Å². The fraction of sp³-hybridized carbons (Fsp3) is 0.240. The van der Waals surface area contributed by atoms with Crippen molar-refractivity contribution in [3.8, 4) is 11.5 Å². The molecule has 9 heteroatoms. The minimum atomic E-state index is -4.03. The van der Waals surface area contributed by atoms with Crippen LogP contribution >= 0.6 is 15.9 Å². The monoisotopic (exact) mass is 546 g/mol. The Morgan fingerprint density at radius 2 is 1.71 bits per heavy atom. The first kappa shape index (κ1) is 25.6. The Balaban J connectivity index is 1.75. The van der Waals surface area contributed by atoms with Crippen molar-refractivity contribution >= 4 is 37.5 Å². The van der Waals surface area contributed by atoms with Crippen LogP contribution in [0.1, 0.15) is 11.1 Å². The van der Waals surface area contributed by atoms with Gasteiger partial charge in [-0.3, -0.25) is 9.10 Å². The molecule has 3 rings (SSSR count). The van der Waals surface area contributed by atoms with Gasteiger partial charge in [0.15, 0.2) is 0 Å². The summed E-state index contributed by atoms with van der Waals surface area (Å²) in [5.74, 6) is 0.808. The number of anilines is 1. The molecule has 0 atom stereocenters. The molecule has 0 saturated heterocycles. The number of hydrogen-bond acceptors (Lipinski definition) is 5. The molecule has 1 N–H and O–H groups in total. The third-order valence-electron chi connectivity index (χ3n) is 5.10. The first-order valence-electron chi connectivity index (χ1n) is 10.6. The number of nitrogens with one attached hydrogen (secondary N) is 1. The molecule has 0 radical (unpaired) electrons. The third kappa shape index (κ3) is 6.30. The minimum Gasteiger partial charge on any atom is -0.496 e. The lowest BCUT2D eigenvalue weighted by atomic mass is 10.2. The van der Waals surface area contributed by atoms with Gasteiger partial charge in [-0.25, -0.2) is 8.42 Å². The third-order valence-corrected chi connectivity index (χ3v) is 7.49. The summed E-state index contributed by atoms with van der Waals surface area (Å²) in [5.41, 5.74) is 2.37. The van der Waals surface area contributed by atoms with Crippen LogP contribution in [0.5, 0.6) is 11.5 Å². The van der Waals surface area contributed by atoms with E-state index >= 15 is 0 Å². The molecule has 0 fully saturated rings. The van der Waals surface area contributed by atoms with Gasteiger partial charge in [-0.1, -0.05) is 35.9 Å². The lowest BCUT2D eigenvalue weighted by Gasteiger charge is -2.24. The van der Waals surface area contributed by atoms with Crippen LogP contribution in [-0.4, -0.2) is 41.1 Å². The van der Waals surface area contributed by atoms with Crippen LogP contribution in [0, 0.1) is 13.8 Å². The van der Waals surface area contributed by atoms with E-state index in [0.717, 1.165) is 21.2 Å². The summed E-state index contributed by atoms with van der Waals surface area (Å²) in [4.78, 5) is 12.8. The molecule has 1 amide bonds. The Morgan fingerprint density at radius 1 is 1.00 bits per heavy atom. The molecule has 3 aromatic carbocycles. The predicted molar refractivity (Wildman–Crippen MR) is 136 cm³/mol.